The van der Waals surface area contributed by atoms with Gasteiger partial charge in [-0.05, 0) is 24.3 Å². The highest BCUT2D eigenvalue weighted by molar-refractivity contribution is 6.16. The van der Waals surface area contributed by atoms with Gasteiger partial charge in [0.1, 0.15) is 11.4 Å². The molecule has 0 aliphatic rings. The van der Waals surface area contributed by atoms with Crippen LogP contribution in [0.25, 0.3) is 22.2 Å². The Morgan fingerprint density at radius 2 is 1.96 bits per heavy atom. The number of hydrogen-bond acceptors (Lipinski definition) is 4. The van der Waals surface area contributed by atoms with Crippen LogP contribution in [0.5, 0.6) is 5.75 Å². The molecule has 4 aromatic rings. The lowest BCUT2D eigenvalue weighted by Crippen LogP contribution is -2.00. The Balaban J connectivity index is 1.83. The Hall–Kier alpha value is -3.47. The second-order valence-corrected chi connectivity index (χ2v) is 5.44. The monoisotopic (exact) mass is 315 g/mol. The van der Waals surface area contributed by atoms with E-state index < -0.39 is 0 Å². The van der Waals surface area contributed by atoms with E-state index in [0.29, 0.717) is 16.8 Å². The molecule has 3 aromatic heterocycles. The SMILES string of the molecule is O=C(c1cccc(O)c1)c1c[nH]c2ncc(-c3cccnc3)cc12. The number of H-pyrrole nitrogens is 1. The minimum atomic E-state index is -0.165. The van der Waals surface area contributed by atoms with E-state index in [1.807, 2.05) is 18.2 Å². The van der Waals surface area contributed by atoms with E-state index in [2.05, 4.69) is 15.0 Å². The maximum atomic E-state index is 12.8. The number of fused-ring (bicyclic) bond motifs is 1. The van der Waals surface area contributed by atoms with Crippen LogP contribution in [0.15, 0.2) is 67.3 Å². The number of nitrogens with one attached hydrogen (secondary N) is 1. The maximum Gasteiger partial charge on any atom is 0.195 e. The molecule has 4 rings (SSSR count). The molecule has 0 saturated carbocycles. The van der Waals surface area contributed by atoms with Crippen molar-refractivity contribution in [3.05, 3.63) is 78.4 Å². The molecule has 0 spiro atoms. The van der Waals surface area contributed by atoms with E-state index >= 15 is 0 Å². The van der Waals surface area contributed by atoms with E-state index in [1.165, 1.54) is 12.1 Å². The summed E-state index contributed by atoms with van der Waals surface area (Å²) in [5.74, 6) is -0.0999. The van der Waals surface area contributed by atoms with Crippen LogP contribution in [0.2, 0.25) is 0 Å². The van der Waals surface area contributed by atoms with E-state index in [-0.39, 0.29) is 11.5 Å². The lowest BCUT2D eigenvalue weighted by atomic mass is 10.0. The normalized spacial score (nSPS) is 10.8. The Bertz CT molecular complexity index is 1040. The van der Waals surface area contributed by atoms with Crippen LogP contribution in [0.4, 0.5) is 0 Å². The highest BCUT2D eigenvalue weighted by atomic mass is 16.3. The Labute approximate surface area is 137 Å². The highest BCUT2D eigenvalue weighted by Gasteiger charge is 2.16. The van der Waals surface area contributed by atoms with Crippen LogP contribution >= 0.6 is 0 Å². The number of benzene rings is 1. The van der Waals surface area contributed by atoms with E-state index in [1.54, 1.807) is 36.9 Å². The Kier molecular flexibility index (Phi) is 3.31. The fraction of sp³-hybridized carbons (Fsp3) is 0. The number of pyridine rings is 2. The first-order chi connectivity index (χ1) is 11.7. The average molecular weight is 315 g/mol. The van der Waals surface area contributed by atoms with Crippen molar-refractivity contribution in [2.75, 3.05) is 0 Å². The summed E-state index contributed by atoms with van der Waals surface area (Å²) in [6.45, 7) is 0. The molecule has 0 unspecified atom stereocenters. The van der Waals surface area contributed by atoms with Gasteiger partial charge in [0, 0.05) is 52.4 Å². The molecule has 0 aliphatic heterocycles. The van der Waals surface area contributed by atoms with E-state index in [9.17, 15) is 9.90 Å². The Morgan fingerprint density at radius 1 is 1.04 bits per heavy atom. The predicted molar refractivity (Wildman–Crippen MR) is 90.9 cm³/mol. The van der Waals surface area contributed by atoms with Crippen molar-refractivity contribution >= 4 is 16.8 Å². The van der Waals surface area contributed by atoms with Crippen LogP contribution < -0.4 is 0 Å². The zero-order valence-electron chi connectivity index (χ0n) is 12.6. The van der Waals surface area contributed by atoms with Gasteiger partial charge in [0.15, 0.2) is 5.78 Å². The number of ketones is 1. The molecule has 0 saturated heterocycles. The largest absolute Gasteiger partial charge is 0.508 e. The molecular weight excluding hydrogens is 302 g/mol. The number of phenols is 1. The fourth-order valence-corrected chi connectivity index (χ4v) is 2.69. The number of aromatic nitrogens is 3. The molecule has 5 nitrogen and oxygen atoms in total. The second-order valence-electron chi connectivity index (χ2n) is 5.44. The zero-order chi connectivity index (χ0) is 16.5. The lowest BCUT2D eigenvalue weighted by molar-refractivity contribution is 0.104. The molecule has 0 amide bonds. The zero-order valence-corrected chi connectivity index (χ0v) is 12.6. The van der Waals surface area contributed by atoms with Gasteiger partial charge in [-0.2, -0.15) is 0 Å². The summed E-state index contributed by atoms with van der Waals surface area (Å²) in [5, 5.41) is 10.3. The van der Waals surface area contributed by atoms with Gasteiger partial charge in [-0.1, -0.05) is 18.2 Å². The second kappa shape index (κ2) is 5.62. The van der Waals surface area contributed by atoms with Crippen LogP contribution in [0.3, 0.4) is 0 Å². The van der Waals surface area contributed by atoms with Crippen molar-refractivity contribution in [1.29, 1.82) is 0 Å². The van der Waals surface area contributed by atoms with Crippen LogP contribution in [0.1, 0.15) is 15.9 Å². The Morgan fingerprint density at radius 3 is 2.75 bits per heavy atom. The predicted octanol–water partition coefficient (Wildman–Crippen LogP) is 3.56. The lowest BCUT2D eigenvalue weighted by Gasteiger charge is -2.03. The van der Waals surface area contributed by atoms with Crippen LogP contribution in [-0.2, 0) is 0 Å². The van der Waals surface area contributed by atoms with Gasteiger partial charge in [-0.15, -0.1) is 0 Å². The first-order valence-corrected chi connectivity index (χ1v) is 7.43. The molecule has 2 N–H and O–H groups in total. The van der Waals surface area contributed by atoms with Gasteiger partial charge in [0.2, 0.25) is 0 Å². The van der Waals surface area contributed by atoms with Crippen LogP contribution in [-0.4, -0.2) is 25.8 Å². The fourth-order valence-electron chi connectivity index (χ4n) is 2.69. The van der Waals surface area contributed by atoms with Crippen molar-refractivity contribution in [3.8, 4) is 16.9 Å². The number of hydrogen-bond donors (Lipinski definition) is 2. The molecule has 0 bridgehead atoms. The first kappa shape index (κ1) is 14.1. The minimum Gasteiger partial charge on any atom is -0.508 e. The standard InChI is InChI=1S/C19H13N3O2/c23-15-5-1-3-12(7-15)18(24)17-11-22-19-16(17)8-14(10-21-19)13-4-2-6-20-9-13/h1-11,23H,(H,21,22). The first-order valence-electron chi connectivity index (χ1n) is 7.43. The van der Waals surface area contributed by atoms with Crippen molar-refractivity contribution in [3.63, 3.8) is 0 Å². The number of carbonyl (C=O) groups is 1. The molecule has 0 aliphatic carbocycles. The molecule has 5 heteroatoms. The third kappa shape index (κ3) is 2.42. The van der Waals surface area contributed by atoms with E-state index in [0.717, 1.165) is 16.5 Å². The molecule has 0 fully saturated rings. The molecule has 0 radical (unpaired) electrons. The van der Waals surface area contributed by atoms with Gasteiger partial charge in [0.25, 0.3) is 0 Å². The summed E-state index contributed by atoms with van der Waals surface area (Å²) in [6, 6.07) is 12.0. The third-order valence-electron chi connectivity index (χ3n) is 3.88. The number of nitrogens with zero attached hydrogens (tertiary/aromatic N) is 2. The minimum absolute atomic E-state index is 0.0647. The summed E-state index contributed by atoms with van der Waals surface area (Å²) >= 11 is 0. The van der Waals surface area contributed by atoms with Crippen molar-refractivity contribution in [2.24, 2.45) is 0 Å². The summed E-state index contributed by atoms with van der Waals surface area (Å²) in [7, 11) is 0. The maximum absolute atomic E-state index is 12.8. The summed E-state index contributed by atoms with van der Waals surface area (Å²) < 4.78 is 0. The van der Waals surface area contributed by atoms with Gasteiger partial charge in [-0.3, -0.25) is 9.78 Å². The van der Waals surface area contributed by atoms with E-state index in [4.69, 9.17) is 0 Å². The molecule has 24 heavy (non-hydrogen) atoms. The van der Waals surface area contributed by atoms with Gasteiger partial charge < -0.3 is 10.1 Å². The number of aromatic hydroxyl groups is 1. The molecule has 0 atom stereocenters. The summed E-state index contributed by atoms with van der Waals surface area (Å²) in [4.78, 5) is 24.3. The van der Waals surface area contributed by atoms with Gasteiger partial charge in [-0.25, -0.2) is 4.98 Å². The summed E-state index contributed by atoms with van der Waals surface area (Å²) in [6.07, 6.45) is 6.87. The molecule has 1 aromatic carbocycles. The van der Waals surface area contributed by atoms with Crippen LogP contribution in [0, 0.1) is 0 Å². The van der Waals surface area contributed by atoms with Gasteiger partial charge >= 0.3 is 0 Å². The topological polar surface area (TPSA) is 78.9 Å². The van der Waals surface area contributed by atoms with Crippen molar-refractivity contribution in [1.82, 2.24) is 15.0 Å². The number of aromatic amines is 1. The molecular formula is C19H13N3O2. The quantitative estimate of drug-likeness (QED) is 0.567. The smallest absolute Gasteiger partial charge is 0.195 e. The number of carbonyl (C=O) groups excluding carboxylic acids is 1. The third-order valence-corrected chi connectivity index (χ3v) is 3.88. The average Bonchev–Trinajstić information content (AvgIpc) is 3.05. The highest BCUT2D eigenvalue weighted by Crippen LogP contribution is 2.26. The summed E-state index contributed by atoms with van der Waals surface area (Å²) in [5.41, 5.74) is 3.42. The van der Waals surface area contributed by atoms with Gasteiger partial charge in [0.05, 0.1) is 0 Å². The van der Waals surface area contributed by atoms with Crippen molar-refractivity contribution < 1.29 is 9.90 Å². The molecule has 3 heterocycles. The molecule has 116 valence electrons. The number of phenolic OH excluding ortho intramolecular Hbond substituents is 1. The number of rotatable bonds is 3. The van der Waals surface area contributed by atoms with Crippen molar-refractivity contribution in [2.45, 2.75) is 0 Å².